The van der Waals surface area contributed by atoms with E-state index in [1.165, 1.54) is 6.42 Å². The predicted octanol–water partition coefficient (Wildman–Crippen LogP) is 2.06. The number of anilines is 2. The summed E-state index contributed by atoms with van der Waals surface area (Å²) in [5.41, 5.74) is 7.81. The molecule has 0 amide bonds. The number of nitrogen functional groups attached to an aromatic ring is 1. The molecule has 1 aromatic rings. The molecular formula is C12H18ClN3. The Hall–Kier alpha value is -0.930. The summed E-state index contributed by atoms with van der Waals surface area (Å²) >= 11 is 6.00. The topological polar surface area (TPSA) is 32.5 Å². The van der Waals surface area contributed by atoms with Crippen molar-refractivity contribution in [2.45, 2.75) is 12.5 Å². The Morgan fingerprint density at radius 1 is 1.50 bits per heavy atom. The Labute approximate surface area is 102 Å². The van der Waals surface area contributed by atoms with E-state index in [1.54, 1.807) is 0 Å². The van der Waals surface area contributed by atoms with Gasteiger partial charge in [0.05, 0.1) is 11.4 Å². The van der Waals surface area contributed by atoms with Crippen LogP contribution in [0.5, 0.6) is 0 Å². The minimum atomic E-state index is 0.533. The van der Waals surface area contributed by atoms with E-state index in [9.17, 15) is 0 Å². The second kappa shape index (κ2) is 4.52. The Balaban J connectivity index is 2.20. The Kier molecular flexibility index (Phi) is 3.26. The molecule has 1 atom stereocenters. The maximum Gasteiger partial charge on any atom is 0.0615 e. The zero-order chi connectivity index (χ0) is 11.7. The Morgan fingerprint density at radius 3 is 2.88 bits per heavy atom. The van der Waals surface area contributed by atoms with Gasteiger partial charge in [-0.05, 0) is 38.2 Å². The van der Waals surface area contributed by atoms with Crippen LogP contribution in [-0.4, -0.2) is 38.1 Å². The average molecular weight is 240 g/mol. The molecule has 1 aliphatic heterocycles. The molecule has 1 unspecified atom stereocenters. The summed E-state index contributed by atoms with van der Waals surface area (Å²) in [5, 5.41) is 0.738. The van der Waals surface area contributed by atoms with E-state index in [1.807, 2.05) is 18.2 Å². The molecule has 2 rings (SSSR count). The predicted molar refractivity (Wildman–Crippen MR) is 70.2 cm³/mol. The van der Waals surface area contributed by atoms with Crippen LogP contribution in [0, 0.1) is 0 Å². The van der Waals surface area contributed by atoms with Gasteiger partial charge in [0.15, 0.2) is 0 Å². The largest absolute Gasteiger partial charge is 0.397 e. The molecule has 0 spiro atoms. The lowest BCUT2D eigenvalue weighted by molar-refractivity contribution is 0.409. The molecule has 1 aromatic carbocycles. The molecule has 16 heavy (non-hydrogen) atoms. The summed E-state index contributed by atoms with van der Waals surface area (Å²) in [6, 6.07) is 6.17. The van der Waals surface area contributed by atoms with Crippen molar-refractivity contribution in [3.63, 3.8) is 0 Å². The van der Waals surface area contributed by atoms with Gasteiger partial charge >= 0.3 is 0 Å². The van der Waals surface area contributed by atoms with Gasteiger partial charge in [-0.3, -0.25) is 0 Å². The minimum absolute atomic E-state index is 0.533. The van der Waals surface area contributed by atoms with E-state index in [0.29, 0.717) is 6.04 Å². The highest BCUT2D eigenvalue weighted by molar-refractivity contribution is 6.31. The fraction of sp³-hybridized carbons (Fsp3) is 0.500. The molecule has 1 fully saturated rings. The molecular weight excluding hydrogens is 222 g/mol. The first-order valence-corrected chi connectivity index (χ1v) is 5.92. The molecule has 0 saturated carbocycles. The van der Waals surface area contributed by atoms with Crippen LogP contribution in [-0.2, 0) is 0 Å². The molecule has 88 valence electrons. The fourth-order valence-corrected chi connectivity index (χ4v) is 2.41. The first-order chi connectivity index (χ1) is 7.58. The lowest BCUT2D eigenvalue weighted by atomic mass is 10.2. The van der Waals surface area contributed by atoms with Crippen molar-refractivity contribution in [1.82, 2.24) is 4.90 Å². The van der Waals surface area contributed by atoms with Crippen molar-refractivity contribution >= 4 is 23.0 Å². The lowest BCUT2D eigenvalue weighted by Crippen LogP contribution is -2.34. The maximum atomic E-state index is 6.00. The number of hydrogen-bond donors (Lipinski definition) is 1. The molecule has 3 nitrogen and oxygen atoms in total. The van der Waals surface area contributed by atoms with Crippen molar-refractivity contribution in [2.24, 2.45) is 0 Å². The van der Waals surface area contributed by atoms with Crippen LogP contribution in [0.1, 0.15) is 6.42 Å². The Morgan fingerprint density at radius 2 is 2.25 bits per heavy atom. The smallest absolute Gasteiger partial charge is 0.0615 e. The number of hydrogen-bond acceptors (Lipinski definition) is 3. The standard InChI is InChI=1S/C12H18ClN3/c1-15-6-5-10(8-15)16(2)12-7-9(13)3-4-11(12)14/h3-4,7,10H,5-6,8,14H2,1-2H3. The first-order valence-electron chi connectivity index (χ1n) is 5.54. The van der Waals surface area contributed by atoms with E-state index < -0.39 is 0 Å². The van der Waals surface area contributed by atoms with Gasteiger partial charge in [-0.1, -0.05) is 11.6 Å². The molecule has 2 N–H and O–H groups in total. The number of nitrogens with two attached hydrogens (primary N) is 1. The summed E-state index contributed by atoms with van der Waals surface area (Å²) in [6.45, 7) is 2.23. The van der Waals surface area contributed by atoms with Crippen LogP contribution >= 0.6 is 11.6 Å². The highest BCUT2D eigenvalue weighted by Gasteiger charge is 2.24. The number of nitrogens with zero attached hydrogens (tertiary/aromatic N) is 2. The minimum Gasteiger partial charge on any atom is -0.397 e. The quantitative estimate of drug-likeness (QED) is 0.802. The highest BCUT2D eigenvalue weighted by atomic mass is 35.5. The van der Waals surface area contributed by atoms with Gasteiger partial charge in [-0.25, -0.2) is 0 Å². The van der Waals surface area contributed by atoms with Gasteiger partial charge in [0.25, 0.3) is 0 Å². The van der Waals surface area contributed by atoms with E-state index in [0.717, 1.165) is 29.5 Å². The zero-order valence-corrected chi connectivity index (χ0v) is 10.5. The van der Waals surface area contributed by atoms with Gasteiger partial charge in [0, 0.05) is 24.7 Å². The molecule has 0 aromatic heterocycles. The molecule has 1 aliphatic rings. The third kappa shape index (κ3) is 2.25. The third-order valence-electron chi connectivity index (χ3n) is 3.29. The summed E-state index contributed by atoms with van der Waals surface area (Å²) in [7, 11) is 4.24. The summed E-state index contributed by atoms with van der Waals surface area (Å²) in [5.74, 6) is 0. The van der Waals surface area contributed by atoms with E-state index in [-0.39, 0.29) is 0 Å². The average Bonchev–Trinajstić information content (AvgIpc) is 2.67. The van der Waals surface area contributed by atoms with Gasteiger partial charge in [0.1, 0.15) is 0 Å². The number of benzene rings is 1. The van der Waals surface area contributed by atoms with Gasteiger partial charge in [-0.2, -0.15) is 0 Å². The maximum absolute atomic E-state index is 6.00. The van der Waals surface area contributed by atoms with Gasteiger partial charge in [-0.15, -0.1) is 0 Å². The second-order valence-corrected chi connectivity index (χ2v) is 4.96. The van der Waals surface area contributed by atoms with Crippen LogP contribution < -0.4 is 10.6 Å². The SMILES string of the molecule is CN1CCC(N(C)c2cc(Cl)ccc2N)C1. The highest BCUT2D eigenvalue weighted by Crippen LogP contribution is 2.29. The van der Waals surface area contributed by atoms with E-state index in [2.05, 4.69) is 23.9 Å². The van der Waals surface area contributed by atoms with Crippen LogP contribution in [0.15, 0.2) is 18.2 Å². The molecule has 1 saturated heterocycles. The van der Waals surface area contributed by atoms with Crippen LogP contribution in [0.2, 0.25) is 5.02 Å². The molecule has 0 radical (unpaired) electrons. The first kappa shape index (κ1) is 11.6. The van der Waals surface area contributed by atoms with Crippen LogP contribution in [0.4, 0.5) is 11.4 Å². The fourth-order valence-electron chi connectivity index (χ4n) is 2.25. The third-order valence-corrected chi connectivity index (χ3v) is 3.52. The lowest BCUT2D eigenvalue weighted by Gasteiger charge is -2.27. The number of likely N-dealkylation sites (tertiary alicyclic amines) is 1. The van der Waals surface area contributed by atoms with Crippen LogP contribution in [0.25, 0.3) is 0 Å². The number of halogens is 1. The monoisotopic (exact) mass is 239 g/mol. The van der Waals surface area contributed by atoms with Crippen molar-refractivity contribution in [2.75, 3.05) is 37.8 Å². The van der Waals surface area contributed by atoms with E-state index >= 15 is 0 Å². The zero-order valence-electron chi connectivity index (χ0n) is 9.78. The van der Waals surface area contributed by atoms with Crippen LogP contribution in [0.3, 0.4) is 0 Å². The van der Waals surface area contributed by atoms with Crippen molar-refractivity contribution in [3.05, 3.63) is 23.2 Å². The number of likely N-dealkylation sites (N-methyl/N-ethyl adjacent to an activating group) is 2. The molecule has 0 aliphatic carbocycles. The van der Waals surface area contributed by atoms with Crippen molar-refractivity contribution in [1.29, 1.82) is 0 Å². The molecule has 4 heteroatoms. The normalized spacial score (nSPS) is 21.3. The van der Waals surface area contributed by atoms with Crippen molar-refractivity contribution < 1.29 is 0 Å². The van der Waals surface area contributed by atoms with E-state index in [4.69, 9.17) is 17.3 Å². The molecule has 0 bridgehead atoms. The summed E-state index contributed by atoms with van der Waals surface area (Å²) < 4.78 is 0. The van der Waals surface area contributed by atoms with Crippen molar-refractivity contribution in [3.8, 4) is 0 Å². The van der Waals surface area contributed by atoms with Gasteiger partial charge in [0.2, 0.25) is 0 Å². The summed E-state index contributed by atoms with van der Waals surface area (Å²) in [6.07, 6.45) is 1.18. The Bertz CT molecular complexity index is 381. The second-order valence-electron chi connectivity index (χ2n) is 4.52. The van der Waals surface area contributed by atoms with Gasteiger partial charge < -0.3 is 15.5 Å². The molecule has 1 heterocycles. The summed E-state index contributed by atoms with van der Waals surface area (Å²) in [4.78, 5) is 4.58. The number of rotatable bonds is 2.